The Morgan fingerprint density at radius 3 is 2.68 bits per heavy atom. The van der Waals surface area contributed by atoms with E-state index in [1.165, 1.54) is 5.56 Å². The van der Waals surface area contributed by atoms with Gasteiger partial charge < -0.3 is 14.7 Å². The van der Waals surface area contributed by atoms with Crippen molar-refractivity contribution in [3.05, 3.63) is 53.9 Å². The highest BCUT2D eigenvalue weighted by molar-refractivity contribution is 6.07. The van der Waals surface area contributed by atoms with Crippen LogP contribution in [0.4, 0.5) is 11.4 Å². The predicted molar refractivity (Wildman–Crippen MR) is 100 cm³/mol. The summed E-state index contributed by atoms with van der Waals surface area (Å²) < 4.78 is 0. The maximum atomic E-state index is 13.1. The molecule has 0 spiro atoms. The number of fused-ring (bicyclic) bond motifs is 1. The van der Waals surface area contributed by atoms with E-state index in [4.69, 9.17) is 0 Å². The van der Waals surface area contributed by atoms with E-state index in [1.54, 1.807) is 6.20 Å². The number of anilines is 2. The van der Waals surface area contributed by atoms with Crippen molar-refractivity contribution in [1.82, 2.24) is 9.88 Å². The normalized spacial score (nSPS) is 18.1. The summed E-state index contributed by atoms with van der Waals surface area (Å²) in [6.07, 6.45) is 5.61. The summed E-state index contributed by atoms with van der Waals surface area (Å²) in [7, 11) is 2.14. The number of hydrogen-bond acceptors (Lipinski definition) is 4. The van der Waals surface area contributed by atoms with Gasteiger partial charge >= 0.3 is 0 Å². The molecule has 0 unspecified atom stereocenters. The standard InChI is InChI=1S/C20H24N4O/c1-22-9-11-23(12-10-22)18-13-17(14-21-15-18)20(25)24-8-4-6-16-5-2-3-7-19(16)24/h2-3,5,7,13-15H,4,6,8-12H2,1H3. The molecule has 2 aromatic rings. The van der Waals surface area contributed by atoms with Crippen LogP contribution in [-0.4, -0.2) is 55.6 Å². The Balaban J connectivity index is 1.58. The first-order valence-corrected chi connectivity index (χ1v) is 9.01. The topological polar surface area (TPSA) is 39.7 Å². The van der Waals surface area contributed by atoms with E-state index >= 15 is 0 Å². The number of pyridine rings is 1. The number of aromatic nitrogens is 1. The molecule has 3 heterocycles. The van der Waals surface area contributed by atoms with Crippen LogP contribution < -0.4 is 9.80 Å². The van der Waals surface area contributed by atoms with Crippen molar-refractivity contribution in [1.29, 1.82) is 0 Å². The molecule has 1 aromatic carbocycles. The van der Waals surface area contributed by atoms with Gasteiger partial charge in [0.05, 0.1) is 17.4 Å². The van der Waals surface area contributed by atoms with E-state index < -0.39 is 0 Å². The number of hydrogen-bond donors (Lipinski definition) is 0. The fourth-order valence-electron chi connectivity index (χ4n) is 3.68. The lowest BCUT2D eigenvalue weighted by molar-refractivity contribution is 0.0985. The highest BCUT2D eigenvalue weighted by Crippen LogP contribution is 2.28. The first kappa shape index (κ1) is 16.1. The van der Waals surface area contributed by atoms with E-state index in [0.717, 1.165) is 56.9 Å². The summed E-state index contributed by atoms with van der Waals surface area (Å²) in [5.74, 6) is 0.0515. The van der Waals surface area contributed by atoms with E-state index in [2.05, 4.69) is 27.9 Å². The number of aryl methyl sites for hydroxylation is 1. The highest BCUT2D eigenvalue weighted by Gasteiger charge is 2.24. The lowest BCUT2D eigenvalue weighted by atomic mass is 10.0. The molecule has 0 atom stereocenters. The molecular weight excluding hydrogens is 312 g/mol. The van der Waals surface area contributed by atoms with Gasteiger partial charge in [0.2, 0.25) is 0 Å². The molecule has 5 heteroatoms. The SMILES string of the molecule is CN1CCN(c2cncc(C(=O)N3CCCc4ccccc43)c2)CC1. The van der Waals surface area contributed by atoms with Gasteiger partial charge in [-0.2, -0.15) is 0 Å². The Bertz CT molecular complexity index is 768. The Morgan fingerprint density at radius 2 is 1.84 bits per heavy atom. The summed E-state index contributed by atoms with van der Waals surface area (Å²) in [5.41, 5.74) is 4.02. The van der Waals surface area contributed by atoms with Gasteiger partial charge in [-0.25, -0.2) is 0 Å². The molecule has 0 bridgehead atoms. The van der Waals surface area contributed by atoms with Gasteiger partial charge in [0.1, 0.15) is 0 Å². The van der Waals surface area contributed by atoms with E-state index in [0.29, 0.717) is 5.56 Å². The number of rotatable bonds is 2. The molecule has 0 aliphatic carbocycles. The number of carbonyl (C=O) groups is 1. The minimum absolute atomic E-state index is 0.0515. The van der Waals surface area contributed by atoms with Crippen LogP contribution in [0.15, 0.2) is 42.7 Å². The Hall–Kier alpha value is -2.40. The molecule has 5 nitrogen and oxygen atoms in total. The number of piperazine rings is 1. The second-order valence-corrected chi connectivity index (χ2v) is 6.91. The zero-order chi connectivity index (χ0) is 17.2. The van der Waals surface area contributed by atoms with Crippen molar-refractivity contribution in [3.63, 3.8) is 0 Å². The number of amides is 1. The Labute approximate surface area is 148 Å². The van der Waals surface area contributed by atoms with Gasteiger partial charge in [0, 0.05) is 44.6 Å². The summed E-state index contributed by atoms with van der Waals surface area (Å²) in [4.78, 5) is 24.0. The molecule has 1 saturated heterocycles. The van der Waals surface area contributed by atoms with Crippen molar-refractivity contribution in [3.8, 4) is 0 Å². The van der Waals surface area contributed by atoms with Crippen molar-refractivity contribution < 1.29 is 4.79 Å². The fourth-order valence-corrected chi connectivity index (χ4v) is 3.68. The third kappa shape index (κ3) is 3.24. The quantitative estimate of drug-likeness (QED) is 0.844. The minimum Gasteiger partial charge on any atom is -0.368 e. The lowest BCUT2D eigenvalue weighted by Gasteiger charge is -2.34. The number of carbonyl (C=O) groups excluding carboxylic acids is 1. The predicted octanol–water partition coefficient (Wildman–Crippen LogP) is 2.43. The Morgan fingerprint density at radius 1 is 1.04 bits per heavy atom. The molecule has 2 aliphatic heterocycles. The molecule has 1 aromatic heterocycles. The van der Waals surface area contributed by atoms with Crippen molar-refractivity contribution >= 4 is 17.3 Å². The molecule has 1 amide bonds. The second-order valence-electron chi connectivity index (χ2n) is 6.91. The number of benzene rings is 1. The van der Waals surface area contributed by atoms with Gasteiger partial charge in [0.15, 0.2) is 0 Å². The highest BCUT2D eigenvalue weighted by atomic mass is 16.2. The third-order valence-corrected chi connectivity index (χ3v) is 5.19. The number of likely N-dealkylation sites (N-methyl/N-ethyl adjacent to an activating group) is 1. The van der Waals surface area contributed by atoms with Gasteiger partial charge in [0.25, 0.3) is 5.91 Å². The van der Waals surface area contributed by atoms with Crippen LogP contribution in [0.1, 0.15) is 22.3 Å². The molecule has 130 valence electrons. The summed E-state index contributed by atoms with van der Waals surface area (Å²) in [5, 5.41) is 0. The van der Waals surface area contributed by atoms with Crippen LogP contribution in [0, 0.1) is 0 Å². The van der Waals surface area contributed by atoms with Crippen LogP contribution in [0.2, 0.25) is 0 Å². The zero-order valence-electron chi connectivity index (χ0n) is 14.7. The van der Waals surface area contributed by atoms with E-state index in [-0.39, 0.29) is 5.91 Å². The monoisotopic (exact) mass is 336 g/mol. The minimum atomic E-state index is 0.0515. The first-order chi connectivity index (χ1) is 12.2. The average Bonchev–Trinajstić information content (AvgIpc) is 2.68. The summed E-state index contributed by atoms with van der Waals surface area (Å²) in [6, 6.07) is 10.2. The van der Waals surface area contributed by atoms with E-state index in [1.807, 2.05) is 35.4 Å². The van der Waals surface area contributed by atoms with Gasteiger partial charge in [-0.15, -0.1) is 0 Å². The smallest absolute Gasteiger partial charge is 0.259 e. The molecule has 0 radical (unpaired) electrons. The summed E-state index contributed by atoms with van der Waals surface area (Å²) >= 11 is 0. The van der Waals surface area contributed by atoms with Gasteiger partial charge in [-0.05, 0) is 37.6 Å². The largest absolute Gasteiger partial charge is 0.368 e. The molecule has 4 rings (SSSR count). The van der Waals surface area contributed by atoms with Crippen LogP contribution in [0.3, 0.4) is 0 Å². The molecule has 25 heavy (non-hydrogen) atoms. The van der Waals surface area contributed by atoms with Crippen LogP contribution >= 0.6 is 0 Å². The van der Waals surface area contributed by atoms with E-state index in [9.17, 15) is 4.79 Å². The third-order valence-electron chi connectivity index (χ3n) is 5.19. The maximum Gasteiger partial charge on any atom is 0.259 e. The molecular formula is C20H24N4O. The molecule has 0 N–H and O–H groups in total. The first-order valence-electron chi connectivity index (χ1n) is 9.01. The van der Waals surface area contributed by atoms with Crippen molar-refractivity contribution in [2.75, 3.05) is 49.6 Å². The van der Waals surface area contributed by atoms with Crippen molar-refractivity contribution in [2.45, 2.75) is 12.8 Å². The van der Waals surface area contributed by atoms with Crippen LogP contribution in [0.5, 0.6) is 0 Å². The molecule has 0 saturated carbocycles. The average molecular weight is 336 g/mol. The van der Waals surface area contributed by atoms with Gasteiger partial charge in [-0.3, -0.25) is 9.78 Å². The lowest BCUT2D eigenvalue weighted by Crippen LogP contribution is -2.44. The fraction of sp³-hybridized carbons (Fsp3) is 0.400. The second kappa shape index (κ2) is 6.84. The zero-order valence-corrected chi connectivity index (χ0v) is 14.7. The van der Waals surface area contributed by atoms with Crippen LogP contribution in [-0.2, 0) is 6.42 Å². The number of para-hydroxylation sites is 1. The Kier molecular flexibility index (Phi) is 4.40. The maximum absolute atomic E-state index is 13.1. The van der Waals surface area contributed by atoms with Gasteiger partial charge in [-0.1, -0.05) is 18.2 Å². The number of nitrogens with zero attached hydrogens (tertiary/aromatic N) is 4. The van der Waals surface area contributed by atoms with Crippen molar-refractivity contribution in [2.24, 2.45) is 0 Å². The summed E-state index contributed by atoms with van der Waals surface area (Å²) in [6.45, 7) is 4.80. The molecule has 1 fully saturated rings. The van der Waals surface area contributed by atoms with Crippen LogP contribution in [0.25, 0.3) is 0 Å². The molecule has 2 aliphatic rings.